The fourth-order valence-electron chi connectivity index (χ4n) is 4.84. The maximum Gasteiger partial charge on any atom is 0.247 e. The van der Waals surface area contributed by atoms with Crippen molar-refractivity contribution in [3.05, 3.63) is 124 Å². The first-order valence-electron chi connectivity index (χ1n) is 12.1. The van der Waals surface area contributed by atoms with Crippen molar-refractivity contribution in [2.45, 2.75) is 26.3 Å². The normalized spacial score (nSPS) is 15.4. The van der Waals surface area contributed by atoms with Gasteiger partial charge in [0.15, 0.2) is 0 Å². The zero-order valence-corrected chi connectivity index (χ0v) is 20.9. The number of rotatable bonds is 4. The molecule has 1 atom stereocenters. The molecule has 4 aromatic carbocycles. The smallest absolute Gasteiger partial charge is 0.223 e. The van der Waals surface area contributed by atoms with Gasteiger partial charge in [-0.3, -0.25) is 0 Å². The average molecular weight is 489 g/mol. The lowest BCUT2D eigenvalue weighted by Crippen LogP contribution is -2.21. The molecule has 0 saturated heterocycles. The maximum atomic E-state index is 6.37. The van der Waals surface area contributed by atoms with E-state index in [1.807, 2.05) is 41.4 Å². The molecule has 6 rings (SSSR count). The summed E-state index contributed by atoms with van der Waals surface area (Å²) in [4.78, 5) is 10.1. The van der Waals surface area contributed by atoms with E-state index in [0.717, 1.165) is 39.9 Å². The topological polar surface area (TPSA) is 41.4 Å². The van der Waals surface area contributed by atoms with Crippen LogP contribution < -0.4 is 5.01 Å². The number of benzene rings is 4. The van der Waals surface area contributed by atoms with Crippen LogP contribution >= 0.6 is 11.6 Å². The molecular formula is C31H25ClN4. The highest BCUT2D eigenvalue weighted by Crippen LogP contribution is 2.38. The largest absolute Gasteiger partial charge is 0.247 e. The monoisotopic (exact) mass is 488 g/mol. The zero-order chi connectivity index (χ0) is 24.6. The van der Waals surface area contributed by atoms with E-state index >= 15 is 0 Å². The molecular weight excluding hydrogens is 464 g/mol. The van der Waals surface area contributed by atoms with Gasteiger partial charge in [0.05, 0.1) is 23.0 Å². The minimum Gasteiger partial charge on any atom is -0.223 e. The Bertz CT molecular complexity index is 1610. The predicted octanol–water partition coefficient (Wildman–Crippen LogP) is 7.92. The minimum atomic E-state index is -0.00575. The standard InChI is InChI=1S/C31H25ClN4/c1-20-8-6-12-23(16-20)28-19-29(24-13-7-9-21(2)17-24)36(35-28)31-33-27-15-14-25(32)18-26(27)30(34-31)22-10-4-3-5-11-22/h3-18,29H,19H2,1-2H3/t29-/m1/s1. The fourth-order valence-corrected chi connectivity index (χ4v) is 5.01. The summed E-state index contributed by atoms with van der Waals surface area (Å²) in [6.45, 7) is 4.23. The molecule has 0 radical (unpaired) electrons. The van der Waals surface area contributed by atoms with Crippen molar-refractivity contribution < 1.29 is 0 Å². The first-order chi connectivity index (χ1) is 17.5. The van der Waals surface area contributed by atoms with E-state index in [1.54, 1.807) is 0 Å². The Morgan fingerprint density at radius 1 is 0.750 bits per heavy atom. The predicted molar refractivity (Wildman–Crippen MR) is 149 cm³/mol. The van der Waals surface area contributed by atoms with Crippen LogP contribution in [0.2, 0.25) is 5.02 Å². The molecule has 0 spiro atoms. The molecule has 4 nitrogen and oxygen atoms in total. The summed E-state index contributed by atoms with van der Waals surface area (Å²) < 4.78 is 0. The van der Waals surface area contributed by atoms with E-state index in [0.29, 0.717) is 11.0 Å². The summed E-state index contributed by atoms with van der Waals surface area (Å²) >= 11 is 6.37. The molecule has 176 valence electrons. The Labute approximate surface area is 215 Å². The summed E-state index contributed by atoms with van der Waals surface area (Å²) in [5, 5.41) is 8.69. The van der Waals surface area contributed by atoms with Crippen molar-refractivity contribution in [1.82, 2.24) is 9.97 Å². The van der Waals surface area contributed by atoms with Crippen molar-refractivity contribution in [1.29, 1.82) is 0 Å². The van der Waals surface area contributed by atoms with Gasteiger partial charge >= 0.3 is 0 Å². The SMILES string of the molecule is Cc1cccc(C2=NN(c3nc(-c4ccccc4)c4cc(Cl)ccc4n3)[C@@H](c3cccc(C)c3)C2)c1. The second-order valence-corrected chi connectivity index (χ2v) is 9.73. The maximum absolute atomic E-state index is 6.37. The highest BCUT2D eigenvalue weighted by atomic mass is 35.5. The third-order valence-corrected chi connectivity index (χ3v) is 6.82. The van der Waals surface area contributed by atoms with Gasteiger partial charge in [-0.2, -0.15) is 5.10 Å². The van der Waals surface area contributed by atoms with Crippen LogP contribution in [0.15, 0.2) is 102 Å². The van der Waals surface area contributed by atoms with Crippen LogP contribution in [0.25, 0.3) is 22.2 Å². The number of aromatic nitrogens is 2. The Morgan fingerprint density at radius 3 is 2.28 bits per heavy atom. The average Bonchev–Trinajstić information content (AvgIpc) is 3.34. The molecule has 0 aliphatic carbocycles. The highest BCUT2D eigenvalue weighted by Gasteiger charge is 2.32. The highest BCUT2D eigenvalue weighted by molar-refractivity contribution is 6.31. The van der Waals surface area contributed by atoms with Gasteiger partial charge in [0.25, 0.3) is 0 Å². The van der Waals surface area contributed by atoms with Crippen LogP contribution in [-0.2, 0) is 0 Å². The van der Waals surface area contributed by atoms with E-state index < -0.39 is 0 Å². The lowest BCUT2D eigenvalue weighted by Gasteiger charge is -2.23. The van der Waals surface area contributed by atoms with Gasteiger partial charge in [-0.25, -0.2) is 15.0 Å². The van der Waals surface area contributed by atoms with Crippen LogP contribution in [-0.4, -0.2) is 15.7 Å². The molecule has 1 aliphatic heterocycles. The molecule has 0 saturated carbocycles. The number of anilines is 1. The Balaban J connectivity index is 1.55. The second-order valence-electron chi connectivity index (χ2n) is 9.29. The molecule has 1 aliphatic rings. The molecule has 0 unspecified atom stereocenters. The van der Waals surface area contributed by atoms with Gasteiger partial charge < -0.3 is 0 Å². The van der Waals surface area contributed by atoms with Crippen molar-refractivity contribution in [2.24, 2.45) is 5.10 Å². The molecule has 5 aromatic rings. The molecule has 0 fully saturated rings. The minimum absolute atomic E-state index is 0.00575. The first-order valence-corrected chi connectivity index (χ1v) is 12.5. The molecule has 5 heteroatoms. The summed E-state index contributed by atoms with van der Waals surface area (Å²) in [6, 6.07) is 33.1. The molecule has 0 amide bonds. The lowest BCUT2D eigenvalue weighted by molar-refractivity contribution is 0.688. The Morgan fingerprint density at radius 2 is 1.50 bits per heavy atom. The van der Waals surface area contributed by atoms with Gasteiger partial charge in [-0.15, -0.1) is 0 Å². The van der Waals surface area contributed by atoms with Gasteiger partial charge in [0, 0.05) is 22.4 Å². The van der Waals surface area contributed by atoms with Gasteiger partial charge in [-0.1, -0.05) is 102 Å². The summed E-state index contributed by atoms with van der Waals surface area (Å²) in [5.74, 6) is 0.581. The van der Waals surface area contributed by atoms with E-state index in [4.69, 9.17) is 26.7 Å². The third kappa shape index (κ3) is 4.25. The lowest BCUT2D eigenvalue weighted by atomic mass is 9.97. The van der Waals surface area contributed by atoms with Crippen molar-refractivity contribution >= 4 is 34.2 Å². The van der Waals surface area contributed by atoms with Crippen LogP contribution in [0.5, 0.6) is 0 Å². The molecule has 1 aromatic heterocycles. The number of hydrogen-bond acceptors (Lipinski definition) is 4. The summed E-state index contributed by atoms with van der Waals surface area (Å²) in [5.41, 5.74) is 8.49. The second kappa shape index (κ2) is 9.21. The summed E-state index contributed by atoms with van der Waals surface area (Å²) in [7, 11) is 0. The number of nitrogens with zero attached hydrogens (tertiary/aromatic N) is 4. The van der Waals surface area contributed by atoms with Crippen LogP contribution in [0.1, 0.15) is 34.7 Å². The van der Waals surface area contributed by atoms with Gasteiger partial charge in [0.2, 0.25) is 5.95 Å². The van der Waals surface area contributed by atoms with Crippen molar-refractivity contribution in [3.63, 3.8) is 0 Å². The molecule has 36 heavy (non-hydrogen) atoms. The third-order valence-electron chi connectivity index (χ3n) is 6.59. The number of hydrogen-bond donors (Lipinski definition) is 0. The Hall–Kier alpha value is -4.02. The number of hydrazone groups is 1. The van der Waals surface area contributed by atoms with E-state index in [9.17, 15) is 0 Å². The van der Waals surface area contributed by atoms with Crippen LogP contribution in [0.3, 0.4) is 0 Å². The zero-order valence-electron chi connectivity index (χ0n) is 20.2. The number of aryl methyl sites for hydroxylation is 2. The van der Waals surface area contributed by atoms with Crippen LogP contribution in [0, 0.1) is 13.8 Å². The fraction of sp³-hybridized carbons (Fsp3) is 0.129. The number of halogens is 1. The molecule has 2 heterocycles. The molecule has 0 N–H and O–H groups in total. The Kier molecular flexibility index (Phi) is 5.74. The van der Waals surface area contributed by atoms with Crippen molar-refractivity contribution in [3.8, 4) is 11.3 Å². The first kappa shape index (κ1) is 22.4. The molecule has 0 bridgehead atoms. The van der Waals surface area contributed by atoms with E-state index in [-0.39, 0.29) is 6.04 Å². The number of fused-ring (bicyclic) bond motifs is 1. The van der Waals surface area contributed by atoms with Gasteiger partial charge in [0.1, 0.15) is 0 Å². The van der Waals surface area contributed by atoms with E-state index in [1.165, 1.54) is 16.7 Å². The van der Waals surface area contributed by atoms with Gasteiger partial charge in [-0.05, 0) is 43.2 Å². The quantitative estimate of drug-likeness (QED) is 0.258. The van der Waals surface area contributed by atoms with E-state index in [2.05, 4.69) is 74.5 Å². The van der Waals surface area contributed by atoms with Crippen LogP contribution in [0.4, 0.5) is 5.95 Å². The summed E-state index contributed by atoms with van der Waals surface area (Å²) in [6.07, 6.45) is 0.773. The van der Waals surface area contributed by atoms with Crippen molar-refractivity contribution in [2.75, 3.05) is 5.01 Å².